The Labute approximate surface area is 169 Å². The third-order valence-electron chi connectivity index (χ3n) is 5.18. The molecule has 1 saturated heterocycles. The summed E-state index contributed by atoms with van der Waals surface area (Å²) in [5.74, 6) is -0.281. The minimum Gasteiger partial charge on any atom is -0.366 e. The van der Waals surface area contributed by atoms with Crippen molar-refractivity contribution in [2.75, 3.05) is 38.6 Å². The van der Waals surface area contributed by atoms with Crippen LogP contribution in [0.25, 0.3) is 0 Å². The van der Waals surface area contributed by atoms with Crippen molar-refractivity contribution in [1.82, 2.24) is 5.32 Å². The Hall–Kier alpha value is -2.45. The summed E-state index contributed by atoms with van der Waals surface area (Å²) in [4.78, 5) is 28.3. The number of rotatable bonds is 7. The van der Waals surface area contributed by atoms with Gasteiger partial charge >= 0.3 is 0 Å². The zero-order chi connectivity index (χ0) is 20.1. The van der Waals surface area contributed by atoms with Gasteiger partial charge in [0.1, 0.15) is 11.7 Å². The van der Waals surface area contributed by atoms with Gasteiger partial charge < -0.3 is 15.1 Å². The number of amides is 1. The first-order valence-electron chi connectivity index (χ1n) is 9.62. The number of nitro groups is 1. The maximum Gasteiger partial charge on any atom is 0.293 e. The molecule has 2 aromatic rings. The highest BCUT2D eigenvalue weighted by Gasteiger charge is 2.24. The van der Waals surface area contributed by atoms with E-state index in [2.05, 4.69) is 25.5 Å². The van der Waals surface area contributed by atoms with E-state index >= 15 is 0 Å². The molecule has 3 rings (SSSR count). The molecule has 0 saturated carbocycles. The zero-order valence-electron chi connectivity index (χ0n) is 16.3. The summed E-state index contributed by atoms with van der Waals surface area (Å²) in [5, 5.41) is 16.6. The van der Waals surface area contributed by atoms with Crippen molar-refractivity contribution >= 4 is 28.6 Å². The van der Waals surface area contributed by atoms with E-state index in [1.54, 1.807) is 23.5 Å². The van der Waals surface area contributed by atoms with Crippen LogP contribution in [0.3, 0.4) is 0 Å². The summed E-state index contributed by atoms with van der Waals surface area (Å²) >= 11 is 1.66. The van der Waals surface area contributed by atoms with Crippen LogP contribution in [0, 0.1) is 10.1 Å². The Kier molecular flexibility index (Phi) is 6.64. The molecule has 1 aromatic carbocycles. The first kappa shape index (κ1) is 20.3. The standard InChI is InChI=1S/C20H26N4O3S/c1-22(2)18(19-7-6-12-28-19)14-21-20(25)15-8-9-16(17(13-15)24(26)27)23-10-4-3-5-11-23/h6-9,12-13,18H,3-5,10-11,14H2,1-2H3,(H,21,25)/p+1/t18-/m0/s1. The maximum absolute atomic E-state index is 12.7. The molecule has 28 heavy (non-hydrogen) atoms. The maximum atomic E-state index is 12.7. The van der Waals surface area contributed by atoms with E-state index in [1.807, 2.05) is 16.3 Å². The van der Waals surface area contributed by atoms with E-state index in [9.17, 15) is 14.9 Å². The number of likely N-dealkylation sites (N-methyl/N-ethyl adjacent to an activating group) is 1. The lowest BCUT2D eigenvalue weighted by molar-refractivity contribution is -0.890. The van der Waals surface area contributed by atoms with Crippen molar-refractivity contribution in [2.24, 2.45) is 0 Å². The van der Waals surface area contributed by atoms with Crippen LogP contribution >= 0.6 is 11.3 Å². The summed E-state index contributed by atoms with van der Waals surface area (Å²) in [6.07, 6.45) is 3.23. The second-order valence-corrected chi connectivity index (χ2v) is 8.34. The minimum atomic E-state index is -0.390. The molecule has 1 amide bonds. The summed E-state index contributed by atoms with van der Waals surface area (Å²) in [6, 6.07) is 9.02. The summed E-state index contributed by atoms with van der Waals surface area (Å²) < 4.78 is 0. The van der Waals surface area contributed by atoms with Gasteiger partial charge in [-0.3, -0.25) is 14.9 Å². The predicted octanol–water partition coefficient (Wildman–Crippen LogP) is 2.26. The normalized spacial score (nSPS) is 15.5. The van der Waals surface area contributed by atoms with Crippen LogP contribution in [0.15, 0.2) is 35.7 Å². The van der Waals surface area contributed by atoms with Gasteiger partial charge in [0.05, 0.1) is 30.4 Å². The average Bonchev–Trinajstić information content (AvgIpc) is 3.22. The van der Waals surface area contributed by atoms with Gasteiger partial charge in [0.15, 0.2) is 0 Å². The Bertz CT molecular complexity index is 817. The van der Waals surface area contributed by atoms with Crippen LogP contribution < -0.4 is 15.1 Å². The molecule has 8 heteroatoms. The fourth-order valence-corrected chi connectivity index (χ4v) is 4.54. The first-order valence-corrected chi connectivity index (χ1v) is 10.5. The Morgan fingerprint density at radius 2 is 2.04 bits per heavy atom. The van der Waals surface area contributed by atoms with E-state index in [0.29, 0.717) is 17.8 Å². The molecular weight excluding hydrogens is 376 g/mol. The molecule has 0 unspecified atom stereocenters. The average molecular weight is 404 g/mol. The molecule has 0 bridgehead atoms. The van der Waals surface area contributed by atoms with Crippen molar-refractivity contribution < 1.29 is 14.6 Å². The largest absolute Gasteiger partial charge is 0.366 e. The molecule has 1 aliphatic rings. The van der Waals surface area contributed by atoms with Crippen LogP contribution in [0.1, 0.15) is 40.5 Å². The monoisotopic (exact) mass is 403 g/mol. The molecule has 1 atom stereocenters. The topological polar surface area (TPSA) is 79.9 Å². The van der Waals surface area contributed by atoms with Crippen LogP contribution in [-0.2, 0) is 0 Å². The third kappa shape index (κ3) is 4.69. The van der Waals surface area contributed by atoms with Crippen LogP contribution in [0.5, 0.6) is 0 Å². The lowest BCUT2D eigenvalue weighted by Gasteiger charge is -2.28. The number of thiophene rings is 1. The third-order valence-corrected chi connectivity index (χ3v) is 6.17. The molecule has 1 fully saturated rings. The number of hydrogen-bond acceptors (Lipinski definition) is 5. The number of benzene rings is 1. The van der Waals surface area contributed by atoms with Gasteiger partial charge in [-0.15, -0.1) is 11.3 Å². The Morgan fingerprint density at radius 1 is 1.29 bits per heavy atom. The molecule has 0 radical (unpaired) electrons. The Morgan fingerprint density at radius 3 is 2.64 bits per heavy atom. The van der Waals surface area contributed by atoms with Crippen molar-refractivity contribution in [3.8, 4) is 0 Å². The number of carbonyl (C=O) groups excluding carboxylic acids is 1. The fourth-order valence-electron chi connectivity index (χ4n) is 3.59. The number of nitrogens with zero attached hydrogens (tertiary/aromatic N) is 2. The highest BCUT2D eigenvalue weighted by molar-refractivity contribution is 7.10. The molecule has 0 aliphatic carbocycles. The van der Waals surface area contributed by atoms with Crippen molar-refractivity contribution in [3.05, 3.63) is 56.3 Å². The van der Waals surface area contributed by atoms with Crippen molar-refractivity contribution in [1.29, 1.82) is 0 Å². The highest BCUT2D eigenvalue weighted by atomic mass is 32.1. The molecule has 1 aromatic heterocycles. The lowest BCUT2D eigenvalue weighted by Crippen LogP contribution is -3.06. The number of hydrogen-bond donors (Lipinski definition) is 2. The van der Waals surface area contributed by atoms with Crippen LogP contribution in [0.4, 0.5) is 11.4 Å². The van der Waals surface area contributed by atoms with E-state index in [4.69, 9.17) is 0 Å². The number of nitrogens with one attached hydrogen (secondary N) is 2. The molecule has 150 valence electrons. The second kappa shape index (κ2) is 9.16. The summed E-state index contributed by atoms with van der Waals surface area (Å²) in [5.41, 5.74) is 0.934. The molecule has 7 nitrogen and oxygen atoms in total. The van der Waals surface area contributed by atoms with Gasteiger partial charge in [0.25, 0.3) is 11.6 Å². The van der Waals surface area contributed by atoms with Gasteiger partial charge in [0, 0.05) is 24.7 Å². The van der Waals surface area contributed by atoms with Gasteiger partial charge in [-0.25, -0.2) is 0 Å². The molecule has 0 spiro atoms. The quantitative estimate of drug-likeness (QED) is 0.549. The summed E-state index contributed by atoms with van der Waals surface area (Å²) in [7, 11) is 4.10. The fraction of sp³-hybridized carbons (Fsp3) is 0.450. The van der Waals surface area contributed by atoms with Gasteiger partial charge in [-0.2, -0.15) is 0 Å². The molecule has 2 heterocycles. The number of anilines is 1. The zero-order valence-corrected chi connectivity index (χ0v) is 17.1. The lowest BCUT2D eigenvalue weighted by atomic mass is 10.1. The van der Waals surface area contributed by atoms with Crippen molar-refractivity contribution in [2.45, 2.75) is 25.3 Å². The van der Waals surface area contributed by atoms with Gasteiger partial charge in [-0.1, -0.05) is 6.07 Å². The Balaban J connectivity index is 1.74. The second-order valence-electron chi connectivity index (χ2n) is 7.36. The number of piperidine rings is 1. The number of nitro benzene ring substituents is 1. The first-order chi connectivity index (χ1) is 13.5. The van der Waals surface area contributed by atoms with E-state index in [-0.39, 0.29) is 22.6 Å². The number of quaternary nitrogens is 1. The van der Waals surface area contributed by atoms with Crippen molar-refractivity contribution in [3.63, 3.8) is 0 Å². The van der Waals surface area contributed by atoms with Gasteiger partial charge in [0.2, 0.25) is 0 Å². The molecular formula is C20H27N4O3S+. The van der Waals surface area contributed by atoms with E-state index in [1.165, 1.54) is 15.8 Å². The van der Waals surface area contributed by atoms with E-state index < -0.39 is 0 Å². The SMILES string of the molecule is C[NH+](C)[C@@H](CNC(=O)c1ccc(N2CCCCC2)c([N+](=O)[O-])c1)c1cccs1. The minimum absolute atomic E-state index is 0.00240. The predicted molar refractivity (Wildman–Crippen MR) is 111 cm³/mol. The van der Waals surface area contributed by atoms with Crippen LogP contribution in [0.2, 0.25) is 0 Å². The van der Waals surface area contributed by atoms with Gasteiger partial charge in [-0.05, 0) is 42.8 Å². The smallest absolute Gasteiger partial charge is 0.293 e. The van der Waals surface area contributed by atoms with Crippen LogP contribution in [-0.4, -0.2) is 44.6 Å². The van der Waals surface area contributed by atoms with E-state index in [0.717, 1.165) is 32.4 Å². The number of carbonyl (C=O) groups is 1. The summed E-state index contributed by atoms with van der Waals surface area (Å²) in [6.45, 7) is 2.12. The highest BCUT2D eigenvalue weighted by Crippen LogP contribution is 2.31. The molecule has 1 aliphatic heterocycles. The molecule has 2 N–H and O–H groups in total.